The maximum absolute atomic E-state index is 13.1. The van der Waals surface area contributed by atoms with Crippen LogP contribution in [0.3, 0.4) is 0 Å². The van der Waals surface area contributed by atoms with Crippen molar-refractivity contribution in [3.8, 4) is 0 Å². The van der Waals surface area contributed by atoms with Gasteiger partial charge in [-0.25, -0.2) is 8.78 Å². The number of alkyl halides is 6. The van der Waals surface area contributed by atoms with E-state index in [1.165, 1.54) is 0 Å². The first kappa shape index (κ1) is 16.7. The minimum Gasteiger partial charge on any atom is -0.353 e. The molecule has 0 fully saturated rings. The fourth-order valence-corrected chi connectivity index (χ4v) is 1.20. The number of halogens is 8. The molecule has 0 radical (unpaired) electrons. The predicted molar refractivity (Wildman–Crippen MR) is 51.7 cm³/mol. The molecule has 1 aromatic carbocycles. The Labute approximate surface area is 108 Å². The highest BCUT2D eigenvalue weighted by Crippen LogP contribution is 2.45. The van der Waals surface area contributed by atoms with E-state index in [0.29, 0.717) is 18.2 Å². The first-order valence-electron chi connectivity index (χ1n) is 5.10. The van der Waals surface area contributed by atoms with Crippen molar-refractivity contribution in [2.75, 3.05) is 0 Å². The fourth-order valence-electron chi connectivity index (χ4n) is 1.20. The van der Waals surface area contributed by atoms with E-state index in [4.69, 9.17) is 0 Å². The second-order valence-corrected chi connectivity index (χ2v) is 4.05. The molecule has 0 amide bonds. The van der Waals surface area contributed by atoms with E-state index < -0.39 is 41.8 Å². The van der Waals surface area contributed by atoms with Gasteiger partial charge >= 0.3 is 12.4 Å². The van der Waals surface area contributed by atoms with Crippen LogP contribution >= 0.6 is 0 Å². The van der Waals surface area contributed by atoms with Crippen molar-refractivity contribution < 1.29 is 39.9 Å². The summed E-state index contributed by atoms with van der Waals surface area (Å²) in [6, 6.07) is 1.71. The average molecular weight is 308 g/mol. The van der Waals surface area contributed by atoms with Gasteiger partial charge in [0.05, 0.1) is 6.61 Å². The third kappa shape index (κ3) is 3.20. The molecule has 0 saturated heterocycles. The van der Waals surface area contributed by atoms with Crippen molar-refractivity contribution in [1.82, 2.24) is 0 Å². The molecule has 0 aliphatic heterocycles. The highest BCUT2D eigenvalue weighted by molar-refractivity contribution is 5.18. The van der Waals surface area contributed by atoms with Crippen molar-refractivity contribution in [3.63, 3.8) is 0 Å². The van der Waals surface area contributed by atoms with Crippen LogP contribution in [0.5, 0.6) is 0 Å². The van der Waals surface area contributed by atoms with Crippen LogP contribution in [-0.2, 0) is 11.3 Å². The molecular weight excluding hydrogens is 300 g/mol. The van der Waals surface area contributed by atoms with Crippen LogP contribution in [0.2, 0.25) is 0 Å². The zero-order valence-electron chi connectivity index (χ0n) is 9.87. The van der Waals surface area contributed by atoms with Crippen molar-refractivity contribution >= 4 is 0 Å². The first-order chi connectivity index (χ1) is 8.88. The van der Waals surface area contributed by atoms with Crippen LogP contribution in [0.15, 0.2) is 18.2 Å². The summed E-state index contributed by atoms with van der Waals surface area (Å²) in [7, 11) is 0. The SMILES string of the molecule is CC(OCc1cc(F)ccc1F)(C(F)(F)F)C(F)(F)F. The normalized spacial score (nSPS) is 13.7. The Hall–Kier alpha value is -1.38. The standard InChI is InChI=1S/C11H8F8O/c1-9(10(14,15)16,11(17,18)19)20-5-6-4-7(12)2-3-8(6)13/h2-4H,5H2,1H3. The van der Waals surface area contributed by atoms with Crippen LogP contribution in [0.1, 0.15) is 12.5 Å². The molecule has 0 heterocycles. The molecule has 0 saturated carbocycles. The molecular formula is C11H8F8O. The Bertz CT molecular complexity index is 462. The summed E-state index contributed by atoms with van der Waals surface area (Å²) in [5.74, 6) is -2.18. The molecule has 0 aliphatic carbocycles. The molecule has 0 bridgehead atoms. The summed E-state index contributed by atoms with van der Waals surface area (Å²) in [6.45, 7) is -1.59. The topological polar surface area (TPSA) is 9.23 Å². The largest absolute Gasteiger partial charge is 0.426 e. The third-order valence-electron chi connectivity index (χ3n) is 2.61. The first-order valence-corrected chi connectivity index (χ1v) is 5.10. The van der Waals surface area contributed by atoms with Crippen molar-refractivity contribution in [1.29, 1.82) is 0 Å². The van der Waals surface area contributed by atoms with E-state index in [1.807, 2.05) is 0 Å². The lowest BCUT2D eigenvalue weighted by Crippen LogP contribution is -2.56. The van der Waals surface area contributed by atoms with Gasteiger partial charge in [-0.3, -0.25) is 0 Å². The highest BCUT2D eigenvalue weighted by Gasteiger charge is 2.69. The molecule has 114 valence electrons. The lowest BCUT2D eigenvalue weighted by molar-refractivity contribution is -0.377. The Balaban J connectivity index is 3.02. The second kappa shape index (κ2) is 5.19. The van der Waals surface area contributed by atoms with Gasteiger partial charge in [-0.1, -0.05) is 0 Å². The molecule has 9 heteroatoms. The van der Waals surface area contributed by atoms with Crippen molar-refractivity contribution in [2.45, 2.75) is 31.5 Å². The van der Waals surface area contributed by atoms with Gasteiger partial charge in [-0.05, 0) is 25.1 Å². The average Bonchev–Trinajstić information content (AvgIpc) is 2.27. The molecule has 0 aromatic heterocycles. The van der Waals surface area contributed by atoms with Crippen LogP contribution < -0.4 is 0 Å². The molecule has 0 aliphatic rings. The summed E-state index contributed by atoms with van der Waals surface area (Å²) in [6.07, 6.45) is -11.5. The van der Waals surface area contributed by atoms with Gasteiger partial charge < -0.3 is 4.74 Å². The number of ether oxygens (including phenoxy) is 1. The number of rotatable bonds is 3. The van der Waals surface area contributed by atoms with E-state index in [0.717, 1.165) is 0 Å². The van der Waals surface area contributed by atoms with Crippen LogP contribution in [0, 0.1) is 11.6 Å². The van der Waals surface area contributed by atoms with E-state index in [2.05, 4.69) is 4.74 Å². The summed E-state index contributed by atoms with van der Waals surface area (Å²) in [4.78, 5) is 0. The highest BCUT2D eigenvalue weighted by atomic mass is 19.4. The smallest absolute Gasteiger partial charge is 0.353 e. The lowest BCUT2D eigenvalue weighted by atomic mass is 10.1. The van der Waals surface area contributed by atoms with Gasteiger partial charge in [0, 0.05) is 5.56 Å². The van der Waals surface area contributed by atoms with E-state index in [-0.39, 0.29) is 6.92 Å². The number of hydrogen-bond donors (Lipinski definition) is 0. The zero-order valence-corrected chi connectivity index (χ0v) is 9.87. The fraction of sp³-hybridized carbons (Fsp3) is 0.455. The summed E-state index contributed by atoms with van der Waals surface area (Å²) in [5, 5.41) is 0. The van der Waals surface area contributed by atoms with Gasteiger partial charge in [0.15, 0.2) is 0 Å². The Morgan fingerprint density at radius 2 is 1.45 bits per heavy atom. The third-order valence-corrected chi connectivity index (χ3v) is 2.61. The Morgan fingerprint density at radius 1 is 0.950 bits per heavy atom. The van der Waals surface area contributed by atoms with Gasteiger partial charge in [0.25, 0.3) is 5.60 Å². The van der Waals surface area contributed by atoms with Gasteiger partial charge in [0.1, 0.15) is 11.6 Å². The van der Waals surface area contributed by atoms with E-state index in [1.54, 1.807) is 0 Å². The van der Waals surface area contributed by atoms with Crippen molar-refractivity contribution in [3.05, 3.63) is 35.4 Å². The van der Waals surface area contributed by atoms with Crippen LogP contribution in [-0.4, -0.2) is 18.0 Å². The monoisotopic (exact) mass is 308 g/mol. The summed E-state index contributed by atoms with van der Waals surface area (Å²) in [5.41, 5.74) is -5.22. The number of benzene rings is 1. The van der Waals surface area contributed by atoms with Crippen molar-refractivity contribution in [2.24, 2.45) is 0 Å². The number of hydrogen-bond acceptors (Lipinski definition) is 1. The quantitative estimate of drug-likeness (QED) is 0.754. The minimum atomic E-state index is -5.75. The molecule has 0 spiro atoms. The minimum absolute atomic E-state index is 0.218. The van der Waals surface area contributed by atoms with E-state index in [9.17, 15) is 35.1 Å². The molecule has 0 unspecified atom stereocenters. The molecule has 1 rings (SSSR count). The van der Waals surface area contributed by atoms with Gasteiger partial charge in [-0.2, -0.15) is 26.3 Å². The molecule has 1 nitrogen and oxygen atoms in total. The lowest BCUT2D eigenvalue weighted by Gasteiger charge is -2.33. The molecule has 20 heavy (non-hydrogen) atoms. The van der Waals surface area contributed by atoms with Gasteiger partial charge in [-0.15, -0.1) is 0 Å². The predicted octanol–water partition coefficient (Wildman–Crippen LogP) is 4.36. The maximum Gasteiger partial charge on any atom is 0.426 e. The molecule has 0 atom stereocenters. The summed E-state index contributed by atoms with van der Waals surface area (Å²) >= 11 is 0. The zero-order chi connectivity index (χ0) is 15.8. The molecule has 0 N–H and O–H groups in total. The van der Waals surface area contributed by atoms with Crippen LogP contribution in [0.4, 0.5) is 35.1 Å². The van der Waals surface area contributed by atoms with Crippen LogP contribution in [0.25, 0.3) is 0 Å². The van der Waals surface area contributed by atoms with E-state index >= 15 is 0 Å². The summed E-state index contributed by atoms with van der Waals surface area (Å²) < 4.78 is 105. The molecule has 1 aromatic rings. The second-order valence-electron chi connectivity index (χ2n) is 4.05. The Kier molecular flexibility index (Phi) is 4.33. The Morgan fingerprint density at radius 3 is 1.90 bits per heavy atom. The van der Waals surface area contributed by atoms with Gasteiger partial charge in [0.2, 0.25) is 0 Å². The maximum atomic E-state index is 13.1.